The van der Waals surface area contributed by atoms with Crippen LogP contribution in [-0.2, 0) is 9.53 Å². The van der Waals surface area contributed by atoms with Crippen molar-refractivity contribution in [2.75, 3.05) is 6.54 Å². The maximum atomic E-state index is 10.3. The van der Waals surface area contributed by atoms with Gasteiger partial charge in [-0.05, 0) is 6.92 Å². The SMILES string of the molecule is CC(=O)NC[C@@H](C)OC(=O)Cl. The van der Waals surface area contributed by atoms with E-state index in [4.69, 9.17) is 11.6 Å². The van der Waals surface area contributed by atoms with Crippen LogP contribution in [0.15, 0.2) is 0 Å². The molecule has 0 aliphatic heterocycles. The lowest BCUT2D eigenvalue weighted by Gasteiger charge is -2.10. The second-order valence-electron chi connectivity index (χ2n) is 2.10. The van der Waals surface area contributed by atoms with E-state index in [-0.39, 0.29) is 18.6 Å². The molecule has 0 bridgehead atoms. The van der Waals surface area contributed by atoms with E-state index in [1.165, 1.54) is 6.92 Å². The molecular formula is C6H10ClNO3. The Morgan fingerprint density at radius 3 is 2.55 bits per heavy atom. The van der Waals surface area contributed by atoms with Crippen molar-refractivity contribution in [3.8, 4) is 0 Å². The number of amides is 1. The molecule has 0 radical (unpaired) electrons. The first-order valence-corrected chi connectivity index (χ1v) is 3.50. The Morgan fingerprint density at radius 1 is 1.64 bits per heavy atom. The maximum absolute atomic E-state index is 10.3. The van der Waals surface area contributed by atoms with Gasteiger partial charge in [-0.2, -0.15) is 0 Å². The van der Waals surface area contributed by atoms with Crippen LogP contribution in [0.5, 0.6) is 0 Å². The summed E-state index contributed by atoms with van der Waals surface area (Å²) in [7, 11) is 0. The van der Waals surface area contributed by atoms with Crippen LogP contribution in [0.4, 0.5) is 4.79 Å². The third-order valence-electron chi connectivity index (χ3n) is 0.932. The molecule has 0 rings (SSSR count). The zero-order valence-corrected chi connectivity index (χ0v) is 7.14. The van der Waals surface area contributed by atoms with Crippen molar-refractivity contribution in [1.29, 1.82) is 0 Å². The first-order chi connectivity index (χ1) is 5.02. The fourth-order valence-corrected chi connectivity index (χ4v) is 0.639. The van der Waals surface area contributed by atoms with Gasteiger partial charge in [0.05, 0.1) is 6.54 Å². The number of hydrogen-bond acceptors (Lipinski definition) is 3. The number of halogens is 1. The van der Waals surface area contributed by atoms with Gasteiger partial charge in [0.15, 0.2) is 0 Å². The lowest BCUT2D eigenvalue weighted by atomic mass is 10.4. The maximum Gasteiger partial charge on any atom is 0.404 e. The first-order valence-electron chi connectivity index (χ1n) is 3.13. The monoisotopic (exact) mass is 179 g/mol. The molecule has 0 aliphatic rings. The van der Waals surface area contributed by atoms with E-state index in [1.807, 2.05) is 0 Å². The van der Waals surface area contributed by atoms with E-state index in [0.717, 1.165) is 0 Å². The average Bonchev–Trinajstić information content (AvgIpc) is 1.82. The minimum Gasteiger partial charge on any atom is -0.449 e. The van der Waals surface area contributed by atoms with Crippen molar-refractivity contribution in [1.82, 2.24) is 5.32 Å². The molecule has 64 valence electrons. The smallest absolute Gasteiger partial charge is 0.404 e. The average molecular weight is 180 g/mol. The van der Waals surface area contributed by atoms with Gasteiger partial charge in [-0.1, -0.05) is 0 Å². The summed E-state index contributed by atoms with van der Waals surface area (Å²) in [5.41, 5.74) is -0.858. The topological polar surface area (TPSA) is 55.4 Å². The highest BCUT2D eigenvalue weighted by Crippen LogP contribution is 1.93. The Balaban J connectivity index is 3.44. The van der Waals surface area contributed by atoms with Gasteiger partial charge in [0, 0.05) is 18.5 Å². The van der Waals surface area contributed by atoms with Crippen molar-refractivity contribution in [3.63, 3.8) is 0 Å². The third-order valence-corrected chi connectivity index (χ3v) is 1.02. The quantitative estimate of drug-likeness (QED) is 0.655. The number of carbonyl (C=O) groups excluding carboxylic acids is 2. The number of hydrogen-bond donors (Lipinski definition) is 1. The fraction of sp³-hybridized carbons (Fsp3) is 0.667. The molecule has 0 saturated heterocycles. The molecule has 11 heavy (non-hydrogen) atoms. The van der Waals surface area contributed by atoms with Gasteiger partial charge in [0.1, 0.15) is 6.10 Å². The van der Waals surface area contributed by atoms with Crippen molar-refractivity contribution in [3.05, 3.63) is 0 Å². The molecule has 0 heterocycles. The number of ether oxygens (including phenoxy) is 1. The van der Waals surface area contributed by atoms with Crippen LogP contribution < -0.4 is 5.32 Å². The van der Waals surface area contributed by atoms with Crippen LogP contribution in [0.1, 0.15) is 13.8 Å². The second kappa shape index (κ2) is 4.96. The minimum absolute atomic E-state index is 0.164. The van der Waals surface area contributed by atoms with Crippen molar-refractivity contribution in [2.45, 2.75) is 20.0 Å². The molecule has 5 heteroatoms. The Hall–Kier alpha value is -0.770. The number of rotatable bonds is 3. The highest BCUT2D eigenvalue weighted by molar-refractivity contribution is 6.61. The predicted molar refractivity (Wildman–Crippen MR) is 40.5 cm³/mol. The molecule has 0 aromatic carbocycles. The standard InChI is InChI=1S/C6H10ClNO3/c1-4(11-6(7)10)3-8-5(2)9/h4H,3H2,1-2H3,(H,8,9)/t4-/m1/s1. The molecule has 0 aliphatic carbocycles. The molecule has 4 nitrogen and oxygen atoms in total. The van der Waals surface area contributed by atoms with Crippen LogP contribution in [0.3, 0.4) is 0 Å². The molecule has 0 saturated carbocycles. The minimum atomic E-state index is -0.858. The largest absolute Gasteiger partial charge is 0.449 e. The van der Waals surface area contributed by atoms with E-state index >= 15 is 0 Å². The molecule has 1 amide bonds. The normalized spacial score (nSPS) is 11.9. The van der Waals surface area contributed by atoms with E-state index in [1.54, 1.807) is 6.92 Å². The van der Waals surface area contributed by atoms with E-state index in [2.05, 4.69) is 10.1 Å². The van der Waals surface area contributed by atoms with Crippen molar-refractivity contribution < 1.29 is 14.3 Å². The van der Waals surface area contributed by atoms with Crippen LogP contribution in [0.2, 0.25) is 0 Å². The van der Waals surface area contributed by atoms with Crippen LogP contribution >= 0.6 is 11.6 Å². The summed E-state index contributed by atoms with van der Waals surface area (Å²) in [5, 5.41) is 2.48. The Kier molecular flexibility index (Phi) is 4.61. The van der Waals surface area contributed by atoms with Crippen LogP contribution in [0, 0.1) is 0 Å². The number of carbonyl (C=O) groups is 2. The highest BCUT2D eigenvalue weighted by atomic mass is 35.5. The lowest BCUT2D eigenvalue weighted by molar-refractivity contribution is -0.119. The molecule has 0 fully saturated rings. The summed E-state index contributed by atoms with van der Waals surface area (Å²) < 4.78 is 4.51. The Labute approximate surface area is 69.9 Å². The summed E-state index contributed by atoms with van der Waals surface area (Å²) >= 11 is 4.91. The molecule has 0 spiro atoms. The van der Waals surface area contributed by atoms with E-state index in [0.29, 0.717) is 0 Å². The highest BCUT2D eigenvalue weighted by Gasteiger charge is 2.05. The Bertz CT molecular complexity index is 160. The predicted octanol–water partition coefficient (Wildman–Crippen LogP) is 0.886. The molecular weight excluding hydrogens is 170 g/mol. The van der Waals surface area contributed by atoms with Gasteiger partial charge in [0.2, 0.25) is 5.91 Å². The zero-order valence-electron chi connectivity index (χ0n) is 6.39. The van der Waals surface area contributed by atoms with E-state index < -0.39 is 5.43 Å². The summed E-state index contributed by atoms with van der Waals surface area (Å²) in [6.45, 7) is 3.30. The Morgan fingerprint density at radius 2 is 2.18 bits per heavy atom. The molecule has 0 aromatic heterocycles. The molecule has 0 unspecified atom stereocenters. The molecule has 1 atom stereocenters. The fourth-order valence-electron chi connectivity index (χ4n) is 0.487. The van der Waals surface area contributed by atoms with Crippen molar-refractivity contribution >= 4 is 22.9 Å². The van der Waals surface area contributed by atoms with Crippen molar-refractivity contribution in [2.24, 2.45) is 0 Å². The summed E-state index contributed by atoms with van der Waals surface area (Å²) in [6, 6.07) is 0. The summed E-state index contributed by atoms with van der Waals surface area (Å²) in [5.74, 6) is -0.164. The van der Waals surface area contributed by atoms with Gasteiger partial charge < -0.3 is 10.1 Å². The van der Waals surface area contributed by atoms with Gasteiger partial charge in [-0.15, -0.1) is 0 Å². The van der Waals surface area contributed by atoms with Crippen LogP contribution in [0.25, 0.3) is 0 Å². The summed E-state index contributed by atoms with van der Waals surface area (Å²) in [6.07, 6.45) is -0.385. The zero-order chi connectivity index (χ0) is 8.85. The number of nitrogens with one attached hydrogen (secondary N) is 1. The summed E-state index contributed by atoms with van der Waals surface area (Å²) in [4.78, 5) is 20.5. The molecule has 1 N–H and O–H groups in total. The van der Waals surface area contributed by atoms with Gasteiger partial charge in [-0.3, -0.25) is 4.79 Å². The molecule has 0 aromatic rings. The third kappa shape index (κ3) is 7.12. The lowest BCUT2D eigenvalue weighted by Crippen LogP contribution is -2.30. The van der Waals surface area contributed by atoms with E-state index in [9.17, 15) is 9.59 Å². The van der Waals surface area contributed by atoms with Gasteiger partial charge in [0.25, 0.3) is 0 Å². The van der Waals surface area contributed by atoms with Gasteiger partial charge >= 0.3 is 5.43 Å². The second-order valence-corrected chi connectivity index (χ2v) is 2.41. The van der Waals surface area contributed by atoms with Gasteiger partial charge in [-0.25, -0.2) is 4.79 Å². The van der Waals surface area contributed by atoms with Crippen LogP contribution in [-0.4, -0.2) is 24.0 Å². The first kappa shape index (κ1) is 10.2.